The second-order valence-electron chi connectivity index (χ2n) is 2.53. The molecular weight excluding hydrogens is 130 g/mol. The number of nitriles is 1. The molecule has 10 heavy (non-hydrogen) atoms. The van der Waals surface area contributed by atoms with Gasteiger partial charge in [-0.15, -0.1) is 0 Å². The fraction of sp³-hybridized carbons (Fsp3) is 0.857. The maximum Gasteiger partial charge on any atom is 0.154 e. The van der Waals surface area contributed by atoms with Gasteiger partial charge in [-0.3, -0.25) is 0 Å². The van der Waals surface area contributed by atoms with E-state index in [0.717, 1.165) is 12.8 Å². The summed E-state index contributed by atoms with van der Waals surface area (Å²) >= 11 is 0. The average Bonchev–Trinajstić information content (AvgIpc) is 2.70. The first-order valence-corrected chi connectivity index (χ1v) is 3.49. The second kappa shape index (κ2) is 3.00. The first kappa shape index (κ1) is 7.52. The number of nitrogens with zero attached hydrogens (tertiary/aromatic N) is 1. The predicted octanol–water partition coefficient (Wildman–Crippen LogP) is 0.442. The zero-order chi connectivity index (χ0) is 7.45. The monoisotopic (exact) mass is 141 g/mol. The summed E-state index contributed by atoms with van der Waals surface area (Å²) in [6.07, 6.45) is 2.34. The molecule has 1 rings (SSSR count). The van der Waals surface area contributed by atoms with Gasteiger partial charge in [-0.05, 0) is 19.3 Å². The largest absolute Gasteiger partial charge is 0.396 e. The fourth-order valence-electron chi connectivity index (χ4n) is 0.734. The molecule has 1 N–H and O–H groups in total. The van der Waals surface area contributed by atoms with Gasteiger partial charge in [0.15, 0.2) is 5.60 Å². The second-order valence-corrected chi connectivity index (χ2v) is 2.53. The molecule has 0 aromatic heterocycles. The van der Waals surface area contributed by atoms with E-state index in [-0.39, 0.29) is 6.61 Å². The molecule has 0 amide bonds. The normalized spacial score (nSPS) is 20.0. The lowest BCUT2D eigenvalue weighted by Gasteiger charge is -2.05. The molecule has 1 aliphatic rings. The van der Waals surface area contributed by atoms with E-state index in [1.807, 2.05) is 0 Å². The molecule has 0 unspecified atom stereocenters. The van der Waals surface area contributed by atoms with E-state index < -0.39 is 5.60 Å². The summed E-state index contributed by atoms with van der Waals surface area (Å²) in [7, 11) is 0. The highest BCUT2D eigenvalue weighted by Gasteiger charge is 2.44. The van der Waals surface area contributed by atoms with Crippen molar-refractivity contribution in [3.63, 3.8) is 0 Å². The van der Waals surface area contributed by atoms with Crippen LogP contribution in [0.5, 0.6) is 0 Å². The molecule has 3 heteroatoms. The van der Waals surface area contributed by atoms with Crippen LogP contribution in [0.4, 0.5) is 0 Å². The number of aliphatic hydroxyl groups excluding tert-OH is 1. The van der Waals surface area contributed by atoms with Crippen LogP contribution in [0.25, 0.3) is 0 Å². The Kier molecular flexibility index (Phi) is 2.25. The predicted molar refractivity (Wildman–Crippen MR) is 35.2 cm³/mol. The van der Waals surface area contributed by atoms with Crippen molar-refractivity contribution in [1.29, 1.82) is 5.26 Å². The highest BCUT2D eigenvalue weighted by Crippen LogP contribution is 2.38. The summed E-state index contributed by atoms with van der Waals surface area (Å²) in [5.41, 5.74) is -0.463. The van der Waals surface area contributed by atoms with Gasteiger partial charge in [0.25, 0.3) is 0 Å². The van der Waals surface area contributed by atoms with E-state index in [2.05, 4.69) is 6.07 Å². The van der Waals surface area contributed by atoms with Crippen molar-refractivity contribution in [1.82, 2.24) is 0 Å². The van der Waals surface area contributed by atoms with Gasteiger partial charge in [-0.25, -0.2) is 0 Å². The molecule has 0 aromatic carbocycles. The minimum absolute atomic E-state index is 0.140. The summed E-state index contributed by atoms with van der Waals surface area (Å²) in [6, 6.07) is 2.11. The van der Waals surface area contributed by atoms with E-state index >= 15 is 0 Å². The third kappa shape index (κ3) is 1.69. The van der Waals surface area contributed by atoms with E-state index in [1.54, 1.807) is 0 Å². The molecule has 0 aliphatic heterocycles. The van der Waals surface area contributed by atoms with E-state index in [0.29, 0.717) is 13.0 Å². The summed E-state index contributed by atoms with van der Waals surface area (Å²) in [5, 5.41) is 16.9. The van der Waals surface area contributed by atoms with E-state index in [9.17, 15) is 0 Å². The Morgan fingerprint density at radius 3 is 2.70 bits per heavy atom. The summed E-state index contributed by atoms with van der Waals surface area (Å²) in [6.45, 7) is 0.644. The smallest absolute Gasteiger partial charge is 0.154 e. The van der Waals surface area contributed by atoms with Gasteiger partial charge in [0.2, 0.25) is 0 Å². The Balaban J connectivity index is 2.09. The molecule has 0 heterocycles. The lowest BCUT2D eigenvalue weighted by atomic mass is 10.4. The minimum atomic E-state index is -0.463. The third-order valence-corrected chi connectivity index (χ3v) is 1.59. The molecule has 0 aromatic rings. The Bertz CT molecular complexity index is 146. The Morgan fingerprint density at radius 2 is 2.30 bits per heavy atom. The average molecular weight is 141 g/mol. The minimum Gasteiger partial charge on any atom is -0.396 e. The van der Waals surface area contributed by atoms with Crippen LogP contribution >= 0.6 is 0 Å². The highest BCUT2D eigenvalue weighted by atomic mass is 16.5. The standard InChI is InChI=1S/C7H11NO2/c8-6-7(2-3-7)10-5-1-4-9/h9H,1-5H2. The molecule has 0 spiro atoms. The topological polar surface area (TPSA) is 53.2 Å². The number of hydrogen-bond donors (Lipinski definition) is 1. The quantitative estimate of drug-likeness (QED) is 0.578. The molecule has 3 nitrogen and oxygen atoms in total. The van der Waals surface area contributed by atoms with Crippen molar-refractivity contribution in [3.05, 3.63) is 0 Å². The highest BCUT2D eigenvalue weighted by molar-refractivity contribution is 5.13. The first-order valence-electron chi connectivity index (χ1n) is 3.49. The van der Waals surface area contributed by atoms with Crippen LogP contribution < -0.4 is 0 Å². The fourth-order valence-corrected chi connectivity index (χ4v) is 0.734. The van der Waals surface area contributed by atoms with Gasteiger partial charge in [0.1, 0.15) is 0 Å². The molecule has 1 fully saturated rings. The van der Waals surface area contributed by atoms with E-state index in [4.69, 9.17) is 15.1 Å². The molecule has 1 saturated carbocycles. The molecule has 0 atom stereocenters. The summed E-state index contributed by atoms with van der Waals surface area (Å²) in [4.78, 5) is 0. The Morgan fingerprint density at radius 1 is 1.60 bits per heavy atom. The van der Waals surface area contributed by atoms with Crippen LogP contribution in [0.1, 0.15) is 19.3 Å². The maximum atomic E-state index is 8.52. The van der Waals surface area contributed by atoms with Gasteiger partial charge in [0, 0.05) is 6.61 Å². The first-order chi connectivity index (χ1) is 4.83. The Labute approximate surface area is 60.2 Å². The number of rotatable bonds is 4. The van der Waals surface area contributed by atoms with Gasteiger partial charge in [-0.2, -0.15) is 5.26 Å². The Hall–Kier alpha value is -0.590. The van der Waals surface area contributed by atoms with Crippen molar-refractivity contribution in [2.45, 2.75) is 24.9 Å². The SMILES string of the molecule is N#CC1(OCCCO)CC1. The van der Waals surface area contributed by atoms with Gasteiger partial charge >= 0.3 is 0 Å². The lowest BCUT2D eigenvalue weighted by molar-refractivity contribution is 0.0612. The molecule has 0 bridgehead atoms. The van der Waals surface area contributed by atoms with Crippen molar-refractivity contribution >= 4 is 0 Å². The van der Waals surface area contributed by atoms with Crippen LogP contribution in [0.15, 0.2) is 0 Å². The van der Waals surface area contributed by atoms with Crippen LogP contribution in [-0.2, 0) is 4.74 Å². The molecule has 0 saturated heterocycles. The zero-order valence-electron chi connectivity index (χ0n) is 5.84. The van der Waals surface area contributed by atoms with Gasteiger partial charge in [0.05, 0.1) is 12.7 Å². The van der Waals surface area contributed by atoms with Crippen LogP contribution in [0, 0.1) is 11.3 Å². The number of hydrogen-bond acceptors (Lipinski definition) is 3. The lowest BCUT2D eigenvalue weighted by Crippen LogP contribution is -2.12. The van der Waals surface area contributed by atoms with Crippen molar-refractivity contribution in [2.24, 2.45) is 0 Å². The van der Waals surface area contributed by atoms with Crippen LogP contribution in [0.2, 0.25) is 0 Å². The molecule has 1 aliphatic carbocycles. The third-order valence-electron chi connectivity index (χ3n) is 1.59. The van der Waals surface area contributed by atoms with E-state index in [1.165, 1.54) is 0 Å². The van der Waals surface area contributed by atoms with Gasteiger partial charge < -0.3 is 9.84 Å². The number of ether oxygens (including phenoxy) is 1. The number of aliphatic hydroxyl groups is 1. The van der Waals surface area contributed by atoms with Gasteiger partial charge in [-0.1, -0.05) is 0 Å². The summed E-state index contributed by atoms with van der Waals surface area (Å²) in [5.74, 6) is 0. The zero-order valence-corrected chi connectivity index (χ0v) is 5.84. The van der Waals surface area contributed by atoms with Crippen molar-refractivity contribution in [2.75, 3.05) is 13.2 Å². The molecule has 56 valence electrons. The van der Waals surface area contributed by atoms with Crippen molar-refractivity contribution in [3.8, 4) is 6.07 Å². The van der Waals surface area contributed by atoms with Crippen LogP contribution in [-0.4, -0.2) is 23.9 Å². The molecular formula is C7H11NO2. The van der Waals surface area contributed by atoms with Crippen LogP contribution in [0.3, 0.4) is 0 Å². The molecule has 0 radical (unpaired) electrons. The maximum absolute atomic E-state index is 8.52. The summed E-state index contributed by atoms with van der Waals surface area (Å²) < 4.78 is 5.21. The van der Waals surface area contributed by atoms with Crippen molar-refractivity contribution < 1.29 is 9.84 Å².